The predicted molar refractivity (Wildman–Crippen MR) is 90.0 cm³/mol. The topological polar surface area (TPSA) is 66.7 Å². The molecule has 8 heteroatoms. The van der Waals surface area contributed by atoms with E-state index in [0.717, 1.165) is 18.1 Å². The van der Waals surface area contributed by atoms with Crippen LogP contribution in [-0.4, -0.2) is 56.0 Å². The molecule has 1 fully saturated rings. The Morgan fingerprint density at radius 1 is 1.59 bits per heavy atom. The molecule has 1 aromatic heterocycles. The highest BCUT2D eigenvalue weighted by Crippen LogP contribution is 2.17. The van der Waals surface area contributed by atoms with Gasteiger partial charge in [0, 0.05) is 39.6 Å². The minimum absolute atomic E-state index is 0.166. The van der Waals surface area contributed by atoms with E-state index in [1.165, 1.54) is 0 Å². The van der Waals surface area contributed by atoms with Gasteiger partial charge in [0.05, 0.1) is 23.1 Å². The minimum Gasteiger partial charge on any atom is -0.356 e. The second kappa shape index (κ2) is 6.91. The lowest BCUT2D eigenvalue weighted by Crippen LogP contribution is -2.41. The van der Waals surface area contributed by atoms with Gasteiger partial charge in [0.25, 0.3) is 0 Å². The predicted octanol–water partition coefficient (Wildman–Crippen LogP) is 1.12. The summed E-state index contributed by atoms with van der Waals surface area (Å²) in [6, 6.07) is 1.93. The summed E-state index contributed by atoms with van der Waals surface area (Å²) in [5, 5.41) is 3.98. The van der Waals surface area contributed by atoms with E-state index < -0.39 is 9.84 Å². The average Bonchev–Trinajstić information content (AvgIpc) is 2.92. The van der Waals surface area contributed by atoms with Gasteiger partial charge in [-0.05, 0) is 18.4 Å². The molecule has 124 valence electrons. The van der Waals surface area contributed by atoms with Gasteiger partial charge in [-0.2, -0.15) is 0 Å². The zero-order valence-corrected chi connectivity index (χ0v) is 14.8. The number of aryl methyl sites for hydroxylation is 1. The van der Waals surface area contributed by atoms with Crippen molar-refractivity contribution >= 4 is 27.4 Å². The number of nitrogens with one attached hydrogen (secondary N) is 1. The lowest BCUT2D eigenvalue weighted by Gasteiger charge is -2.23. The maximum absolute atomic E-state index is 11.5. The Morgan fingerprint density at radius 3 is 2.82 bits per heavy atom. The Kier molecular flexibility index (Phi) is 5.39. The van der Waals surface area contributed by atoms with E-state index in [1.807, 2.05) is 35.8 Å². The second-order valence-corrected chi connectivity index (χ2v) is 8.48. The van der Waals surface area contributed by atoms with Crippen molar-refractivity contribution < 1.29 is 8.42 Å². The maximum Gasteiger partial charge on any atom is 0.193 e. The molecule has 1 aromatic rings. The lowest BCUT2D eigenvalue weighted by molar-refractivity contribution is 0.451. The van der Waals surface area contributed by atoms with Crippen molar-refractivity contribution in [1.29, 1.82) is 0 Å². The van der Waals surface area contributed by atoms with Crippen molar-refractivity contribution in [2.45, 2.75) is 13.0 Å². The van der Waals surface area contributed by atoms with Gasteiger partial charge in [-0.25, -0.2) is 8.42 Å². The fraction of sp³-hybridized carbons (Fsp3) is 0.643. The first-order chi connectivity index (χ1) is 10.3. The quantitative estimate of drug-likeness (QED) is 0.655. The lowest BCUT2D eigenvalue weighted by atomic mass is 10.1. The summed E-state index contributed by atoms with van der Waals surface area (Å²) in [5.74, 6) is 1.49. The first kappa shape index (κ1) is 17.1. The smallest absolute Gasteiger partial charge is 0.193 e. The summed E-state index contributed by atoms with van der Waals surface area (Å²) in [7, 11) is 2.79. The van der Waals surface area contributed by atoms with Gasteiger partial charge in [0.2, 0.25) is 0 Å². The maximum atomic E-state index is 11.5. The van der Waals surface area contributed by atoms with Crippen LogP contribution >= 0.6 is 11.6 Å². The summed E-state index contributed by atoms with van der Waals surface area (Å²) in [6.07, 6.45) is 2.59. The van der Waals surface area contributed by atoms with Gasteiger partial charge in [0.1, 0.15) is 0 Å². The molecule has 1 N–H and O–H groups in total. The number of halogens is 1. The molecule has 0 bridgehead atoms. The molecule has 0 aliphatic carbocycles. The third-order valence-corrected chi connectivity index (χ3v) is 5.97. The Balaban J connectivity index is 1.90. The van der Waals surface area contributed by atoms with Crippen LogP contribution in [0.1, 0.15) is 12.1 Å². The minimum atomic E-state index is -2.83. The number of nitrogens with zero attached hydrogens (tertiary/aromatic N) is 3. The number of hydrogen-bond donors (Lipinski definition) is 1. The molecule has 2 heterocycles. The Bertz CT molecular complexity index is 654. The van der Waals surface area contributed by atoms with Crippen LogP contribution in [0.3, 0.4) is 0 Å². The van der Waals surface area contributed by atoms with Crippen LogP contribution in [0, 0.1) is 5.92 Å². The number of guanidine groups is 1. The first-order valence-electron chi connectivity index (χ1n) is 7.23. The van der Waals surface area contributed by atoms with Crippen LogP contribution in [0.2, 0.25) is 5.02 Å². The summed E-state index contributed by atoms with van der Waals surface area (Å²) in [6.45, 7) is 1.30. The molecular weight excluding hydrogens is 324 g/mol. The van der Waals surface area contributed by atoms with Crippen LogP contribution < -0.4 is 5.32 Å². The number of rotatable bonds is 4. The number of aliphatic imine (C=N–C) groups is 1. The van der Waals surface area contributed by atoms with Crippen molar-refractivity contribution in [3.8, 4) is 0 Å². The summed E-state index contributed by atoms with van der Waals surface area (Å²) < 4.78 is 25.0. The van der Waals surface area contributed by atoms with E-state index in [9.17, 15) is 8.42 Å². The largest absolute Gasteiger partial charge is 0.356 e. The zero-order valence-electron chi connectivity index (χ0n) is 13.2. The number of aromatic nitrogens is 1. The van der Waals surface area contributed by atoms with Crippen molar-refractivity contribution in [1.82, 2.24) is 14.8 Å². The van der Waals surface area contributed by atoms with E-state index in [4.69, 9.17) is 11.6 Å². The van der Waals surface area contributed by atoms with Crippen molar-refractivity contribution in [2.24, 2.45) is 18.0 Å². The fourth-order valence-electron chi connectivity index (χ4n) is 2.69. The molecule has 0 amide bonds. The van der Waals surface area contributed by atoms with Gasteiger partial charge >= 0.3 is 0 Å². The SMILES string of the molecule is CN=C(NCC1CCS(=O)(=O)C1)N(C)Cc1cc(Cl)cn1C. The van der Waals surface area contributed by atoms with Crippen LogP contribution in [-0.2, 0) is 23.4 Å². The summed E-state index contributed by atoms with van der Waals surface area (Å²) >= 11 is 5.99. The second-order valence-electron chi connectivity index (χ2n) is 5.81. The molecule has 2 rings (SSSR count). The molecule has 22 heavy (non-hydrogen) atoms. The molecule has 1 unspecified atom stereocenters. The van der Waals surface area contributed by atoms with Gasteiger partial charge < -0.3 is 14.8 Å². The van der Waals surface area contributed by atoms with Crippen LogP contribution in [0.25, 0.3) is 0 Å². The summed E-state index contributed by atoms with van der Waals surface area (Å²) in [4.78, 5) is 6.25. The number of sulfone groups is 1. The molecule has 0 radical (unpaired) electrons. The monoisotopic (exact) mass is 346 g/mol. The summed E-state index contributed by atoms with van der Waals surface area (Å²) in [5.41, 5.74) is 1.08. The molecule has 6 nitrogen and oxygen atoms in total. The molecule has 0 spiro atoms. The van der Waals surface area contributed by atoms with E-state index in [0.29, 0.717) is 23.9 Å². The van der Waals surface area contributed by atoms with Gasteiger partial charge in [-0.1, -0.05) is 11.6 Å². The van der Waals surface area contributed by atoms with Crippen molar-refractivity contribution in [3.05, 3.63) is 23.0 Å². The fourth-order valence-corrected chi connectivity index (χ4v) is 4.83. The highest BCUT2D eigenvalue weighted by atomic mass is 35.5. The number of hydrogen-bond acceptors (Lipinski definition) is 3. The van der Waals surface area contributed by atoms with Crippen LogP contribution in [0.15, 0.2) is 17.3 Å². The Hall–Kier alpha value is -1.21. The van der Waals surface area contributed by atoms with Gasteiger partial charge in [-0.15, -0.1) is 0 Å². The molecular formula is C14H23ClN4O2S. The third-order valence-electron chi connectivity index (χ3n) is 3.92. The molecule has 1 aliphatic heterocycles. The molecule has 1 atom stereocenters. The van der Waals surface area contributed by atoms with Crippen molar-refractivity contribution in [3.63, 3.8) is 0 Å². The average molecular weight is 347 g/mol. The highest BCUT2D eigenvalue weighted by molar-refractivity contribution is 7.91. The molecule has 0 aromatic carbocycles. The molecule has 0 saturated carbocycles. The van der Waals surface area contributed by atoms with E-state index >= 15 is 0 Å². The Labute approximate surface area is 137 Å². The normalized spacial score (nSPS) is 21.1. The van der Waals surface area contributed by atoms with E-state index in [2.05, 4.69) is 10.3 Å². The van der Waals surface area contributed by atoms with E-state index in [-0.39, 0.29) is 11.7 Å². The standard InChI is InChI=1S/C14H23ClN4O2S/c1-16-14(17-7-11-4-5-22(20,21)10-11)19(3)9-13-6-12(15)8-18(13)2/h6,8,11H,4-5,7,9-10H2,1-3H3,(H,16,17). The molecule has 1 aliphatic rings. The van der Waals surface area contributed by atoms with Gasteiger partial charge in [0.15, 0.2) is 15.8 Å². The first-order valence-corrected chi connectivity index (χ1v) is 9.43. The Morgan fingerprint density at radius 2 is 2.32 bits per heavy atom. The van der Waals surface area contributed by atoms with Crippen LogP contribution in [0.4, 0.5) is 0 Å². The highest BCUT2D eigenvalue weighted by Gasteiger charge is 2.27. The molecule has 1 saturated heterocycles. The zero-order chi connectivity index (χ0) is 16.3. The third kappa shape index (κ3) is 4.39. The van der Waals surface area contributed by atoms with E-state index in [1.54, 1.807) is 7.05 Å². The van der Waals surface area contributed by atoms with Gasteiger partial charge in [-0.3, -0.25) is 4.99 Å². The van der Waals surface area contributed by atoms with Crippen molar-refractivity contribution in [2.75, 3.05) is 32.1 Å². The van der Waals surface area contributed by atoms with Crippen LogP contribution in [0.5, 0.6) is 0 Å².